The van der Waals surface area contributed by atoms with E-state index in [1.165, 1.54) is 56.6 Å². The Morgan fingerprint density at radius 3 is 1.58 bits per heavy atom. The van der Waals surface area contributed by atoms with E-state index < -0.39 is 0 Å². The second-order valence-electron chi connectivity index (χ2n) is 18.6. The zero-order valence-corrected chi connectivity index (χ0v) is 50.2. The van der Waals surface area contributed by atoms with Crippen molar-refractivity contribution in [3.8, 4) is 23.0 Å². The van der Waals surface area contributed by atoms with Crippen LogP contribution in [0.5, 0.6) is 23.0 Å². The molecule has 0 saturated heterocycles. The Morgan fingerprint density at radius 1 is 0.531 bits per heavy atom. The molecule has 12 rings (SSSR count). The summed E-state index contributed by atoms with van der Waals surface area (Å²) in [6, 6.07) is 58.5. The highest BCUT2D eigenvalue weighted by Crippen LogP contribution is 2.32. The zero-order valence-electron chi connectivity index (χ0n) is 48.7. The van der Waals surface area contributed by atoms with Gasteiger partial charge >= 0.3 is 0 Å². The number of H-pyrrole nitrogens is 1. The molecule has 0 spiro atoms. The van der Waals surface area contributed by atoms with Crippen LogP contribution in [0.15, 0.2) is 218 Å². The molecule has 0 fully saturated rings. The number of fused-ring (bicyclic) bond motifs is 2. The summed E-state index contributed by atoms with van der Waals surface area (Å²) in [6.07, 6.45) is 9.75. The monoisotopic (exact) mass is 1130 g/mol. The lowest BCUT2D eigenvalue weighted by Gasteiger charge is -1.98. The Bertz CT molecular complexity index is 3090. The van der Waals surface area contributed by atoms with Gasteiger partial charge < -0.3 is 34.1 Å². The summed E-state index contributed by atoms with van der Waals surface area (Å²) in [7, 11) is 1.68. The number of aromatic nitrogens is 3. The van der Waals surface area contributed by atoms with Crippen molar-refractivity contribution in [3.05, 3.63) is 296 Å². The number of rotatable bonds is 2. The van der Waals surface area contributed by atoms with Crippen LogP contribution in [0.2, 0.25) is 10.0 Å². The van der Waals surface area contributed by atoms with Crippen LogP contribution in [-0.2, 0) is 13.0 Å². The Kier molecular flexibility index (Phi) is 32.5. The summed E-state index contributed by atoms with van der Waals surface area (Å²) < 4.78 is 37.7. The van der Waals surface area contributed by atoms with E-state index in [9.17, 15) is 4.39 Å². The number of nitrogens with zero attached hydrogens (tertiary/aromatic N) is 2. The zero-order chi connectivity index (χ0) is 59.2. The summed E-state index contributed by atoms with van der Waals surface area (Å²) in [5.41, 5.74) is 18.8. The van der Waals surface area contributed by atoms with Gasteiger partial charge in [-0.25, -0.2) is 9.37 Å². The molecule has 0 aliphatic carbocycles. The van der Waals surface area contributed by atoms with Gasteiger partial charge in [-0.1, -0.05) is 132 Å². The third-order valence-corrected chi connectivity index (χ3v) is 12.0. The summed E-state index contributed by atoms with van der Waals surface area (Å²) in [5, 5.41) is 1.24. The SMILES string of the molecule is COc1cccc(C)c1.Cc1ccc(Cl)c(Cl)c1.Cc1ccc2c(c1)OCC2.Cc1ccc2c(c1)OCO2.Cc1cccc(F)c1.Cc1ccccc1.Cc1ccccc1CN.Cc1ccco1.Cc1ccncc1.Cc1cnc[nH]1. The summed E-state index contributed by atoms with van der Waals surface area (Å²) in [5.74, 6) is 4.53. The first-order chi connectivity index (χ1) is 39.0. The van der Waals surface area contributed by atoms with Crippen molar-refractivity contribution in [3.63, 3.8) is 0 Å². The standard InChI is InChI=1S/C9H10O.C8H11N.C8H8O2.C8H10O.C7H6Cl2.C7H7F.C7H8.C6H7N.C5H6O.C4H6N2/c1-7-2-3-8-4-5-10-9(8)6-7;1-7-4-2-3-5-8(7)6-9;1-6-2-3-7-8(4-6)10-5-9-7;1-7-4-3-5-8(6-7)9-2;1-5-2-3-6(8)7(9)4-5;1-6-3-2-4-7(8)5-6;1-7-5-3-2-4-6-7;1-6-2-4-7-5-3-6;1-5-3-2-4-6-5;1-4-2-5-3-6-4/h2-3,6H,4-5H2,1H3;2-5H,6,9H2,1H3;2-4H,5H2,1H3;3-6H,1-2H3;2-4H,1H3;2-5H,1H3;2-6H,1H3;2-5H,1H3;2-4H,1H3;2-3H,1H3,(H,5,6). The number of nitrogens with two attached hydrogens (primary N) is 1. The molecule has 426 valence electrons. The van der Waals surface area contributed by atoms with E-state index in [0.717, 1.165) is 58.6 Å². The van der Waals surface area contributed by atoms with Crippen molar-refractivity contribution < 1.29 is 27.8 Å². The van der Waals surface area contributed by atoms with Crippen LogP contribution in [0.25, 0.3) is 0 Å². The third kappa shape index (κ3) is 30.1. The average Bonchev–Trinajstić information content (AvgIpc) is 4.37. The smallest absolute Gasteiger partial charge is 0.231 e. The lowest BCUT2D eigenvalue weighted by Crippen LogP contribution is -1.97. The number of aryl methyl sites for hydroxylation is 10. The molecule has 3 aromatic heterocycles. The molecule has 7 aromatic carbocycles. The minimum Gasteiger partial charge on any atom is -0.497 e. The van der Waals surface area contributed by atoms with Crippen molar-refractivity contribution >= 4 is 23.2 Å². The molecule has 0 radical (unpaired) electrons. The topological polar surface area (TPSA) is 118 Å². The third-order valence-electron chi connectivity index (χ3n) is 11.2. The number of aromatic amines is 1. The normalized spacial score (nSPS) is 10.4. The van der Waals surface area contributed by atoms with E-state index in [1.807, 2.05) is 164 Å². The molecule has 3 N–H and O–H groups in total. The van der Waals surface area contributed by atoms with Crippen LogP contribution in [0, 0.1) is 75.1 Å². The summed E-state index contributed by atoms with van der Waals surface area (Å²) in [6.45, 7) is 21.9. The largest absolute Gasteiger partial charge is 0.497 e. The maximum atomic E-state index is 12.2. The molecule has 2 aliphatic rings. The Labute approximate surface area is 490 Å². The minimum absolute atomic E-state index is 0.162. The van der Waals surface area contributed by atoms with E-state index in [4.69, 9.17) is 52.3 Å². The molecule has 10 aromatic rings. The number of furan rings is 1. The maximum Gasteiger partial charge on any atom is 0.231 e. The van der Waals surface area contributed by atoms with Crippen LogP contribution < -0.4 is 24.7 Å². The first-order valence-corrected chi connectivity index (χ1v) is 27.1. The van der Waals surface area contributed by atoms with Crippen LogP contribution in [0.3, 0.4) is 0 Å². The molecule has 0 unspecified atom stereocenters. The van der Waals surface area contributed by atoms with Crippen molar-refractivity contribution in [2.45, 2.75) is 82.2 Å². The second-order valence-corrected chi connectivity index (χ2v) is 19.4. The van der Waals surface area contributed by atoms with Gasteiger partial charge in [0.1, 0.15) is 23.1 Å². The highest BCUT2D eigenvalue weighted by molar-refractivity contribution is 6.42. The number of pyridine rings is 1. The molecule has 0 amide bonds. The van der Waals surface area contributed by atoms with E-state index in [1.54, 1.807) is 50.4 Å². The quantitative estimate of drug-likeness (QED) is 0.176. The molecule has 0 atom stereocenters. The van der Waals surface area contributed by atoms with Gasteiger partial charge in [-0.2, -0.15) is 0 Å². The summed E-state index contributed by atoms with van der Waals surface area (Å²) >= 11 is 11.3. The van der Waals surface area contributed by atoms with Gasteiger partial charge in [0.05, 0.1) is 36.4 Å². The Hall–Kier alpha value is -8.15. The van der Waals surface area contributed by atoms with Gasteiger partial charge in [0.2, 0.25) is 6.79 Å². The molecule has 0 saturated carbocycles. The number of methoxy groups -OCH3 is 1. The molecule has 2 aliphatic heterocycles. The van der Waals surface area contributed by atoms with E-state index in [-0.39, 0.29) is 5.82 Å². The molecular formula is C69H79Cl2FN4O5. The number of ether oxygens (including phenoxy) is 4. The van der Waals surface area contributed by atoms with E-state index >= 15 is 0 Å². The fraction of sp³-hybridized carbons (Fsp3) is 0.217. The lowest BCUT2D eigenvalue weighted by atomic mass is 10.1. The van der Waals surface area contributed by atoms with Crippen LogP contribution >= 0.6 is 23.2 Å². The minimum atomic E-state index is -0.162. The predicted molar refractivity (Wildman–Crippen MR) is 334 cm³/mol. The van der Waals surface area contributed by atoms with Crippen molar-refractivity contribution in [1.82, 2.24) is 15.0 Å². The highest BCUT2D eigenvalue weighted by Gasteiger charge is 2.12. The number of halogens is 3. The lowest BCUT2D eigenvalue weighted by molar-refractivity contribution is 0.174. The first kappa shape index (κ1) is 67.1. The molecule has 0 bridgehead atoms. The fourth-order valence-corrected chi connectivity index (χ4v) is 7.07. The van der Waals surface area contributed by atoms with Crippen LogP contribution in [-0.4, -0.2) is 35.5 Å². The van der Waals surface area contributed by atoms with Gasteiger partial charge in [-0.3, -0.25) is 4.98 Å². The number of imidazole rings is 1. The van der Waals surface area contributed by atoms with Gasteiger partial charge in [-0.05, 0) is 198 Å². The van der Waals surface area contributed by atoms with Gasteiger partial charge in [0, 0.05) is 37.3 Å². The molecular weight excluding hydrogens is 1050 g/mol. The van der Waals surface area contributed by atoms with Gasteiger partial charge in [0.15, 0.2) is 11.5 Å². The number of nitrogens with one attached hydrogen (secondary N) is 1. The predicted octanol–water partition coefficient (Wildman–Crippen LogP) is 18.2. The van der Waals surface area contributed by atoms with E-state index in [2.05, 4.69) is 78.2 Å². The highest BCUT2D eigenvalue weighted by atomic mass is 35.5. The summed E-state index contributed by atoms with van der Waals surface area (Å²) in [4.78, 5) is 10.5. The number of hydrogen-bond donors (Lipinski definition) is 2. The van der Waals surface area contributed by atoms with Crippen molar-refractivity contribution in [2.75, 3.05) is 20.5 Å². The van der Waals surface area contributed by atoms with Crippen LogP contribution in [0.4, 0.5) is 4.39 Å². The first-order valence-electron chi connectivity index (χ1n) is 26.4. The van der Waals surface area contributed by atoms with Crippen molar-refractivity contribution in [1.29, 1.82) is 0 Å². The molecule has 12 heteroatoms. The maximum absolute atomic E-state index is 12.2. The Morgan fingerprint density at radius 2 is 1.12 bits per heavy atom. The molecule has 81 heavy (non-hydrogen) atoms. The molecule has 9 nitrogen and oxygen atoms in total. The van der Waals surface area contributed by atoms with Gasteiger partial charge in [-0.15, -0.1) is 0 Å². The second kappa shape index (κ2) is 39.3. The van der Waals surface area contributed by atoms with Crippen LogP contribution in [0.1, 0.15) is 67.1 Å². The fourth-order valence-electron chi connectivity index (χ4n) is 6.71. The number of hydrogen-bond acceptors (Lipinski definition) is 8. The molecule has 5 heterocycles. The number of benzene rings is 7. The average molecular weight is 1130 g/mol. The van der Waals surface area contributed by atoms with Crippen molar-refractivity contribution in [2.24, 2.45) is 5.73 Å². The van der Waals surface area contributed by atoms with Gasteiger partial charge in [0.25, 0.3) is 0 Å². The van der Waals surface area contributed by atoms with E-state index in [0.29, 0.717) is 23.4 Å². The Balaban J connectivity index is 0.000000237.